The molecule has 2 N–H and O–H groups in total. The Balaban J connectivity index is 2.47. The van der Waals surface area contributed by atoms with E-state index in [0.29, 0.717) is 5.69 Å². The largest absolute Gasteiger partial charge is 0.451 e. The van der Waals surface area contributed by atoms with Gasteiger partial charge in [0, 0.05) is 12.1 Å². The molecule has 1 atom stereocenters. The van der Waals surface area contributed by atoms with Gasteiger partial charge in [-0.1, -0.05) is 13.8 Å². The van der Waals surface area contributed by atoms with Gasteiger partial charge in [0.15, 0.2) is 6.39 Å². The second-order valence-electron chi connectivity index (χ2n) is 4.59. The van der Waals surface area contributed by atoms with E-state index in [1.165, 1.54) is 18.7 Å². The maximum absolute atomic E-state index is 11.4. The van der Waals surface area contributed by atoms with Crippen LogP contribution in [0.5, 0.6) is 0 Å². The Morgan fingerprint density at radius 1 is 1.55 bits per heavy atom. The van der Waals surface area contributed by atoms with Crippen LogP contribution < -0.4 is 10.6 Å². The molecule has 0 saturated heterocycles. The average molecular weight is 278 g/mol. The number of allylic oxidation sites excluding steroid dienone is 2. The monoisotopic (exact) mass is 278 g/mol. The minimum atomic E-state index is -1.16. The van der Waals surface area contributed by atoms with Crippen LogP contribution in [0.25, 0.3) is 0 Å². The molecule has 0 radical (unpaired) electrons. The van der Waals surface area contributed by atoms with E-state index in [2.05, 4.69) is 15.6 Å². The quantitative estimate of drug-likeness (QED) is 0.609. The zero-order chi connectivity index (χ0) is 14.6. The van der Waals surface area contributed by atoms with Crippen molar-refractivity contribution >= 4 is 0 Å². The number of nitro groups is 1. The van der Waals surface area contributed by atoms with Crippen molar-refractivity contribution in [3.8, 4) is 0 Å². The molecule has 1 aliphatic rings. The van der Waals surface area contributed by atoms with Gasteiger partial charge < -0.3 is 9.73 Å². The number of dihydropyridines is 1. The van der Waals surface area contributed by atoms with Gasteiger partial charge >= 0.3 is 0 Å². The van der Waals surface area contributed by atoms with E-state index >= 15 is 0 Å². The van der Waals surface area contributed by atoms with Gasteiger partial charge in [-0.05, 0) is 25.1 Å². The number of aromatic nitrogens is 1. The lowest BCUT2D eigenvalue weighted by molar-refractivity contribution is -0.439. The minimum absolute atomic E-state index is 0.000741. The normalized spacial score (nSPS) is 21.6. The third kappa shape index (κ3) is 2.44. The van der Waals surface area contributed by atoms with Crippen LogP contribution in [0.1, 0.15) is 32.4 Å². The van der Waals surface area contributed by atoms with E-state index < -0.39 is 10.6 Å². The van der Waals surface area contributed by atoms with Gasteiger partial charge in [-0.25, -0.2) is 4.98 Å². The third-order valence-electron chi connectivity index (χ3n) is 3.45. The molecule has 20 heavy (non-hydrogen) atoms. The maximum atomic E-state index is 11.4. The van der Waals surface area contributed by atoms with Crippen LogP contribution in [0.15, 0.2) is 41.1 Å². The van der Waals surface area contributed by atoms with Crippen molar-refractivity contribution in [2.75, 3.05) is 0 Å². The van der Waals surface area contributed by atoms with Crippen LogP contribution in [0.4, 0.5) is 0 Å². The summed E-state index contributed by atoms with van der Waals surface area (Å²) in [7, 11) is 0. The molecule has 1 unspecified atom stereocenters. The molecule has 1 aromatic rings. The van der Waals surface area contributed by atoms with Crippen molar-refractivity contribution in [2.45, 2.75) is 38.4 Å². The van der Waals surface area contributed by atoms with Crippen molar-refractivity contribution in [2.24, 2.45) is 0 Å². The van der Waals surface area contributed by atoms with Gasteiger partial charge in [0.05, 0.1) is 4.92 Å². The van der Waals surface area contributed by atoms with Crippen LogP contribution >= 0.6 is 0 Å². The molecule has 0 fully saturated rings. The molecule has 1 aliphatic heterocycles. The summed E-state index contributed by atoms with van der Waals surface area (Å²) < 4.78 is 5.00. The highest BCUT2D eigenvalue weighted by molar-refractivity contribution is 5.31. The summed E-state index contributed by atoms with van der Waals surface area (Å²) in [6, 6.07) is 0.119. The number of nitrogens with zero attached hydrogens (tertiary/aromatic N) is 2. The second kappa shape index (κ2) is 5.87. The van der Waals surface area contributed by atoms with Gasteiger partial charge in [-0.3, -0.25) is 15.4 Å². The zero-order valence-electron chi connectivity index (χ0n) is 11.5. The number of hydrogen-bond donors (Lipinski definition) is 2. The molecule has 2 rings (SSSR count). The summed E-state index contributed by atoms with van der Waals surface area (Å²) in [5.41, 5.74) is -0.723. The molecular formula is C13H18N4O3. The molecule has 7 heteroatoms. The van der Waals surface area contributed by atoms with Crippen molar-refractivity contribution in [3.63, 3.8) is 0 Å². The number of nitrogens with one attached hydrogen (secondary N) is 2. The number of hydrogen-bond acceptors (Lipinski definition) is 6. The van der Waals surface area contributed by atoms with Crippen LogP contribution in [0, 0.1) is 10.1 Å². The molecule has 0 saturated carbocycles. The Hall–Kier alpha value is -2.15. The molecule has 108 valence electrons. The molecule has 0 amide bonds. The molecule has 0 bridgehead atoms. The topological polar surface area (TPSA) is 93.2 Å². The van der Waals surface area contributed by atoms with Gasteiger partial charge in [-0.15, -0.1) is 0 Å². The Morgan fingerprint density at radius 3 is 2.85 bits per heavy atom. The first kappa shape index (κ1) is 14.3. The fourth-order valence-electron chi connectivity index (χ4n) is 2.30. The van der Waals surface area contributed by atoms with Crippen molar-refractivity contribution in [1.82, 2.24) is 15.6 Å². The maximum Gasteiger partial charge on any atom is 0.292 e. The van der Waals surface area contributed by atoms with Gasteiger partial charge in [0.25, 0.3) is 5.70 Å². The lowest BCUT2D eigenvalue weighted by atomic mass is 9.97. The first-order chi connectivity index (χ1) is 9.64. The van der Waals surface area contributed by atoms with E-state index in [4.69, 9.17) is 4.42 Å². The second-order valence-corrected chi connectivity index (χ2v) is 4.59. The van der Waals surface area contributed by atoms with Crippen LogP contribution in [0.3, 0.4) is 0 Å². The Morgan fingerprint density at radius 2 is 2.30 bits per heavy atom. The molecule has 0 spiro atoms. The standard InChI is InChI=1S/C13H18N4O3/c1-3-10(4-2)16-13(11-8-20-9-14-11)12(17(18)19)6-5-7-15-13/h5-10,15-16H,3-4H2,1-2H3. The van der Waals surface area contributed by atoms with Crippen molar-refractivity contribution in [3.05, 3.63) is 52.5 Å². The third-order valence-corrected chi connectivity index (χ3v) is 3.45. The van der Waals surface area contributed by atoms with Crippen LogP contribution in [-0.4, -0.2) is 15.9 Å². The predicted molar refractivity (Wildman–Crippen MR) is 73.0 cm³/mol. The lowest BCUT2D eigenvalue weighted by Gasteiger charge is -2.35. The zero-order valence-corrected chi connectivity index (χ0v) is 11.5. The van der Waals surface area contributed by atoms with E-state index in [0.717, 1.165) is 12.8 Å². The fraction of sp³-hybridized carbons (Fsp3) is 0.462. The van der Waals surface area contributed by atoms with Gasteiger partial charge in [0.1, 0.15) is 12.0 Å². The molecule has 2 heterocycles. The number of oxazole rings is 1. The van der Waals surface area contributed by atoms with Crippen molar-refractivity contribution < 1.29 is 9.34 Å². The lowest BCUT2D eigenvalue weighted by Crippen LogP contribution is -2.59. The molecule has 1 aromatic heterocycles. The summed E-state index contributed by atoms with van der Waals surface area (Å²) in [5, 5.41) is 17.7. The summed E-state index contributed by atoms with van der Waals surface area (Å²) >= 11 is 0. The highest BCUT2D eigenvalue weighted by Gasteiger charge is 2.47. The van der Waals surface area contributed by atoms with E-state index in [9.17, 15) is 10.1 Å². The molecule has 0 aromatic carbocycles. The fourth-order valence-corrected chi connectivity index (χ4v) is 2.30. The van der Waals surface area contributed by atoms with Crippen LogP contribution in [-0.2, 0) is 5.66 Å². The minimum Gasteiger partial charge on any atom is -0.451 e. The van der Waals surface area contributed by atoms with Crippen molar-refractivity contribution in [1.29, 1.82) is 0 Å². The highest BCUT2D eigenvalue weighted by atomic mass is 16.6. The van der Waals surface area contributed by atoms with E-state index in [-0.39, 0.29) is 11.7 Å². The molecule has 0 aliphatic carbocycles. The van der Waals surface area contributed by atoms with Gasteiger partial charge in [-0.2, -0.15) is 0 Å². The summed E-state index contributed by atoms with van der Waals surface area (Å²) in [5.74, 6) is 0. The number of rotatable bonds is 6. The first-order valence-electron chi connectivity index (χ1n) is 6.59. The Bertz CT molecular complexity index is 520. The van der Waals surface area contributed by atoms with E-state index in [1.54, 1.807) is 12.3 Å². The Kier molecular flexibility index (Phi) is 4.19. The van der Waals surface area contributed by atoms with E-state index in [1.807, 2.05) is 13.8 Å². The van der Waals surface area contributed by atoms with Gasteiger partial charge in [0.2, 0.25) is 5.66 Å². The highest BCUT2D eigenvalue weighted by Crippen LogP contribution is 2.29. The Labute approximate surface area is 116 Å². The molecule has 7 nitrogen and oxygen atoms in total. The van der Waals surface area contributed by atoms with Crippen LogP contribution in [0.2, 0.25) is 0 Å². The summed E-state index contributed by atoms with van der Waals surface area (Å²) in [4.78, 5) is 15.1. The first-order valence-corrected chi connectivity index (χ1v) is 6.59. The average Bonchev–Trinajstić information content (AvgIpc) is 2.99. The predicted octanol–water partition coefficient (Wildman–Crippen LogP) is 1.88. The summed E-state index contributed by atoms with van der Waals surface area (Å²) in [6.45, 7) is 4.07. The smallest absolute Gasteiger partial charge is 0.292 e. The SMILES string of the molecule is CCC(CC)NC1(c2cocn2)NC=CC=C1[N+](=O)[O-]. The molecular weight excluding hydrogens is 260 g/mol. The summed E-state index contributed by atoms with van der Waals surface area (Å²) in [6.07, 6.45) is 9.13.